The molecular weight excluding hydrogens is 298 g/mol. The van der Waals surface area contributed by atoms with E-state index in [-0.39, 0.29) is 0 Å². The van der Waals surface area contributed by atoms with Crippen molar-refractivity contribution in [3.8, 4) is 0 Å². The van der Waals surface area contributed by atoms with Crippen LogP contribution in [0.2, 0.25) is 0 Å². The van der Waals surface area contributed by atoms with Gasteiger partial charge in [0, 0.05) is 16.6 Å². The van der Waals surface area contributed by atoms with Gasteiger partial charge in [0.05, 0.1) is 0 Å². The van der Waals surface area contributed by atoms with Gasteiger partial charge in [-0.15, -0.1) is 0 Å². The van der Waals surface area contributed by atoms with Crippen LogP contribution in [0.5, 0.6) is 0 Å². The lowest BCUT2D eigenvalue weighted by atomic mass is 10.0. The molecule has 0 aliphatic rings. The molecule has 0 bridgehead atoms. The number of halogens is 1. The molecule has 1 nitrogen and oxygen atoms in total. The fourth-order valence-corrected chi connectivity index (χ4v) is 2.89. The zero-order chi connectivity index (χ0) is 14.1. The molecule has 2 atom stereocenters. The summed E-state index contributed by atoms with van der Waals surface area (Å²) >= 11 is 3.56. The first-order valence-corrected chi connectivity index (χ1v) is 8.48. The minimum Gasteiger partial charge on any atom is -0.307 e. The van der Waals surface area contributed by atoms with Crippen molar-refractivity contribution in [1.82, 2.24) is 5.32 Å². The van der Waals surface area contributed by atoms with E-state index in [4.69, 9.17) is 0 Å². The Morgan fingerprint density at radius 2 is 1.95 bits per heavy atom. The molecule has 0 aromatic heterocycles. The van der Waals surface area contributed by atoms with E-state index >= 15 is 0 Å². The average molecular weight is 326 g/mol. The van der Waals surface area contributed by atoms with Crippen LogP contribution in [0.3, 0.4) is 0 Å². The van der Waals surface area contributed by atoms with E-state index in [1.165, 1.54) is 42.1 Å². The van der Waals surface area contributed by atoms with E-state index in [2.05, 4.69) is 66.3 Å². The quantitative estimate of drug-likeness (QED) is 0.561. The summed E-state index contributed by atoms with van der Waals surface area (Å²) in [6.07, 6.45) is 7.82. The second-order valence-electron chi connectivity index (χ2n) is 5.43. The fraction of sp³-hybridized carbons (Fsp3) is 0.647. The molecule has 2 unspecified atom stereocenters. The summed E-state index contributed by atoms with van der Waals surface area (Å²) in [5.74, 6) is 0. The standard InChI is InChI=1S/C17H28BrN/c1-4-6-7-8-10-14(3)19-17(5-2)15-11-9-12-16(18)13-15/h9,11-14,17,19H,4-8,10H2,1-3H3. The van der Waals surface area contributed by atoms with Gasteiger partial charge in [-0.25, -0.2) is 0 Å². The van der Waals surface area contributed by atoms with Crippen molar-refractivity contribution >= 4 is 15.9 Å². The van der Waals surface area contributed by atoms with Gasteiger partial charge in [0.25, 0.3) is 0 Å². The van der Waals surface area contributed by atoms with Gasteiger partial charge in [-0.3, -0.25) is 0 Å². The lowest BCUT2D eigenvalue weighted by Gasteiger charge is -2.23. The molecule has 0 aliphatic carbocycles. The van der Waals surface area contributed by atoms with Crippen LogP contribution in [0.15, 0.2) is 28.7 Å². The minimum absolute atomic E-state index is 0.471. The van der Waals surface area contributed by atoms with Gasteiger partial charge in [-0.2, -0.15) is 0 Å². The lowest BCUT2D eigenvalue weighted by Crippen LogP contribution is -2.30. The predicted molar refractivity (Wildman–Crippen MR) is 88.5 cm³/mol. The zero-order valence-corrected chi connectivity index (χ0v) is 14.2. The maximum Gasteiger partial charge on any atom is 0.0320 e. The maximum absolute atomic E-state index is 3.77. The molecule has 0 amide bonds. The average Bonchev–Trinajstić information content (AvgIpc) is 2.41. The first-order valence-electron chi connectivity index (χ1n) is 7.68. The molecule has 0 radical (unpaired) electrons. The van der Waals surface area contributed by atoms with Crippen molar-refractivity contribution in [2.24, 2.45) is 0 Å². The number of nitrogens with one attached hydrogen (secondary N) is 1. The van der Waals surface area contributed by atoms with Crippen molar-refractivity contribution in [3.05, 3.63) is 34.3 Å². The molecule has 0 aliphatic heterocycles. The number of unbranched alkanes of at least 4 members (excludes halogenated alkanes) is 3. The molecular formula is C17H28BrN. The fourth-order valence-electron chi connectivity index (χ4n) is 2.48. The van der Waals surface area contributed by atoms with Gasteiger partial charge in [-0.05, 0) is 37.5 Å². The Morgan fingerprint density at radius 3 is 2.58 bits per heavy atom. The highest BCUT2D eigenvalue weighted by atomic mass is 79.9. The third-order valence-corrected chi connectivity index (χ3v) is 4.13. The molecule has 0 saturated carbocycles. The molecule has 19 heavy (non-hydrogen) atoms. The zero-order valence-electron chi connectivity index (χ0n) is 12.6. The van der Waals surface area contributed by atoms with E-state index in [0.717, 1.165) is 6.42 Å². The second kappa shape index (κ2) is 9.55. The van der Waals surface area contributed by atoms with E-state index in [1.807, 2.05) is 0 Å². The van der Waals surface area contributed by atoms with E-state index in [1.54, 1.807) is 0 Å². The van der Waals surface area contributed by atoms with Crippen LogP contribution in [0, 0.1) is 0 Å². The highest BCUT2D eigenvalue weighted by Gasteiger charge is 2.12. The first-order chi connectivity index (χ1) is 9.17. The smallest absolute Gasteiger partial charge is 0.0320 e. The van der Waals surface area contributed by atoms with Gasteiger partial charge in [-0.1, -0.05) is 67.6 Å². The Kier molecular flexibility index (Phi) is 8.40. The molecule has 1 rings (SSSR count). The Labute approximate surface area is 127 Å². The SMILES string of the molecule is CCCCCCC(C)NC(CC)c1cccc(Br)c1. The highest BCUT2D eigenvalue weighted by Crippen LogP contribution is 2.21. The van der Waals surface area contributed by atoms with E-state index in [9.17, 15) is 0 Å². The van der Waals surface area contributed by atoms with Crippen molar-refractivity contribution in [1.29, 1.82) is 0 Å². The largest absolute Gasteiger partial charge is 0.307 e. The van der Waals surface area contributed by atoms with Crippen LogP contribution in [0.4, 0.5) is 0 Å². The maximum atomic E-state index is 3.77. The topological polar surface area (TPSA) is 12.0 Å². The lowest BCUT2D eigenvalue weighted by molar-refractivity contribution is 0.413. The molecule has 1 aromatic rings. The predicted octanol–water partition coefficient (Wildman–Crippen LogP) is 5.85. The van der Waals surface area contributed by atoms with Crippen LogP contribution in [-0.2, 0) is 0 Å². The molecule has 0 fully saturated rings. The van der Waals surface area contributed by atoms with Crippen molar-refractivity contribution < 1.29 is 0 Å². The van der Waals surface area contributed by atoms with Crippen molar-refractivity contribution in [3.63, 3.8) is 0 Å². The number of rotatable bonds is 9. The van der Waals surface area contributed by atoms with Gasteiger partial charge >= 0.3 is 0 Å². The Balaban J connectivity index is 2.43. The third-order valence-electron chi connectivity index (χ3n) is 3.64. The van der Waals surface area contributed by atoms with Crippen LogP contribution in [0.25, 0.3) is 0 Å². The summed E-state index contributed by atoms with van der Waals surface area (Å²) in [6.45, 7) is 6.83. The molecule has 2 heteroatoms. The summed E-state index contributed by atoms with van der Waals surface area (Å²) in [5, 5.41) is 3.77. The number of benzene rings is 1. The van der Waals surface area contributed by atoms with Crippen molar-refractivity contribution in [2.45, 2.75) is 71.4 Å². The van der Waals surface area contributed by atoms with E-state index in [0.29, 0.717) is 12.1 Å². The Bertz CT molecular complexity index is 351. The van der Waals surface area contributed by atoms with Crippen LogP contribution in [-0.4, -0.2) is 6.04 Å². The van der Waals surface area contributed by atoms with Gasteiger partial charge in [0.15, 0.2) is 0 Å². The van der Waals surface area contributed by atoms with E-state index < -0.39 is 0 Å². The van der Waals surface area contributed by atoms with Gasteiger partial charge < -0.3 is 5.32 Å². The number of hydrogen-bond acceptors (Lipinski definition) is 1. The summed E-state index contributed by atoms with van der Waals surface area (Å²) in [6, 6.07) is 9.72. The Hall–Kier alpha value is -0.340. The second-order valence-corrected chi connectivity index (χ2v) is 6.35. The van der Waals surface area contributed by atoms with Gasteiger partial charge in [0.1, 0.15) is 0 Å². The van der Waals surface area contributed by atoms with Crippen LogP contribution >= 0.6 is 15.9 Å². The molecule has 0 saturated heterocycles. The summed E-state index contributed by atoms with van der Waals surface area (Å²) in [4.78, 5) is 0. The normalized spacial score (nSPS) is 14.3. The molecule has 0 heterocycles. The van der Waals surface area contributed by atoms with Gasteiger partial charge in [0.2, 0.25) is 0 Å². The third kappa shape index (κ3) is 6.58. The highest BCUT2D eigenvalue weighted by molar-refractivity contribution is 9.10. The Morgan fingerprint density at radius 1 is 1.16 bits per heavy atom. The van der Waals surface area contributed by atoms with Crippen LogP contribution < -0.4 is 5.32 Å². The molecule has 0 spiro atoms. The molecule has 1 aromatic carbocycles. The van der Waals surface area contributed by atoms with Crippen molar-refractivity contribution in [2.75, 3.05) is 0 Å². The van der Waals surface area contributed by atoms with Crippen LogP contribution in [0.1, 0.15) is 70.9 Å². The first kappa shape index (κ1) is 16.7. The summed E-state index contributed by atoms with van der Waals surface area (Å²) in [5.41, 5.74) is 1.39. The number of hydrogen-bond donors (Lipinski definition) is 1. The molecule has 108 valence electrons. The monoisotopic (exact) mass is 325 g/mol. The summed E-state index contributed by atoms with van der Waals surface area (Å²) < 4.78 is 1.17. The minimum atomic E-state index is 0.471. The molecule has 1 N–H and O–H groups in total. The summed E-state index contributed by atoms with van der Waals surface area (Å²) in [7, 11) is 0.